The van der Waals surface area contributed by atoms with Gasteiger partial charge in [0.05, 0.1) is 0 Å². The topological polar surface area (TPSA) is 87.7 Å². The molecule has 1 aromatic carbocycles. The number of hydrogen-bond acceptors (Lipinski definition) is 5. The van der Waals surface area contributed by atoms with Gasteiger partial charge in [0.25, 0.3) is 0 Å². The average molecular weight is 504 g/mol. The fourth-order valence-corrected chi connectivity index (χ4v) is 4.93. The van der Waals surface area contributed by atoms with Crippen LogP contribution < -0.4 is 10.6 Å². The minimum Gasteiger partial charge on any atom is -0.444 e. The van der Waals surface area contributed by atoms with Gasteiger partial charge >= 0.3 is 6.09 Å². The van der Waals surface area contributed by atoms with Crippen molar-refractivity contribution in [1.82, 2.24) is 15.5 Å². The first-order valence-electron chi connectivity index (χ1n) is 12.8. The quantitative estimate of drug-likeness (QED) is 0.452. The molecule has 0 aromatic heterocycles. The van der Waals surface area contributed by atoms with Crippen molar-refractivity contribution in [1.29, 1.82) is 0 Å². The van der Waals surface area contributed by atoms with Crippen molar-refractivity contribution in [3.05, 3.63) is 34.9 Å². The van der Waals surface area contributed by atoms with Crippen molar-refractivity contribution in [2.75, 3.05) is 5.75 Å². The van der Waals surface area contributed by atoms with Crippen LogP contribution in [-0.4, -0.2) is 52.3 Å². The Hall–Kier alpha value is -2.22. The first-order valence-corrected chi connectivity index (χ1v) is 13.4. The summed E-state index contributed by atoms with van der Waals surface area (Å²) in [6.07, 6.45) is 6.31. The van der Waals surface area contributed by atoms with Crippen LogP contribution in [0, 0.1) is 13.8 Å². The molecule has 2 fully saturated rings. The molecule has 0 bridgehead atoms. The minimum atomic E-state index is -0.899. The van der Waals surface area contributed by atoms with Gasteiger partial charge in [0.2, 0.25) is 11.8 Å². The highest BCUT2D eigenvalue weighted by atomic mass is 32.1. The van der Waals surface area contributed by atoms with Gasteiger partial charge in [-0.05, 0) is 71.4 Å². The number of thiol groups is 1. The second kappa shape index (κ2) is 11.7. The van der Waals surface area contributed by atoms with Crippen LogP contribution in [0.1, 0.15) is 88.4 Å². The number of hydrogen-bond donors (Lipinski definition) is 3. The molecule has 0 saturated heterocycles. The monoisotopic (exact) mass is 503 g/mol. The van der Waals surface area contributed by atoms with Crippen LogP contribution in [0.4, 0.5) is 4.79 Å². The lowest BCUT2D eigenvalue weighted by atomic mass is 9.93. The number of benzene rings is 1. The summed E-state index contributed by atoms with van der Waals surface area (Å²) in [5.74, 6) is -0.357. The Morgan fingerprint density at radius 3 is 2.31 bits per heavy atom. The second-order valence-electron chi connectivity index (χ2n) is 11.0. The van der Waals surface area contributed by atoms with Gasteiger partial charge in [0, 0.05) is 17.8 Å². The van der Waals surface area contributed by atoms with Gasteiger partial charge in [-0.2, -0.15) is 12.6 Å². The summed E-state index contributed by atoms with van der Waals surface area (Å²) in [4.78, 5) is 41.9. The number of ether oxygens (including phenoxy) is 1. The molecular formula is C27H41N3O4S. The molecule has 3 amide bonds. The van der Waals surface area contributed by atoms with Gasteiger partial charge in [-0.15, -0.1) is 0 Å². The van der Waals surface area contributed by atoms with Gasteiger partial charge in [-0.1, -0.05) is 43.0 Å². The Bertz CT molecular complexity index is 919. The van der Waals surface area contributed by atoms with Crippen LogP contribution in [0.2, 0.25) is 0 Å². The highest BCUT2D eigenvalue weighted by Gasteiger charge is 2.44. The molecule has 0 heterocycles. The number of amides is 3. The molecule has 0 radical (unpaired) electrons. The van der Waals surface area contributed by atoms with E-state index in [9.17, 15) is 14.4 Å². The van der Waals surface area contributed by atoms with E-state index in [4.69, 9.17) is 4.74 Å². The van der Waals surface area contributed by atoms with Crippen molar-refractivity contribution in [3.63, 3.8) is 0 Å². The highest BCUT2D eigenvalue weighted by molar-refractivity contribution is 7.80. The molecule has 2 unspecified atom stereocenters. The zero-order valence-corrected chi connectivity index (χ0v) is 22.6. The van der Waals surface area contributed by atoms with Crippen LogP contribution in [0.15, 0.2) is 18.2 Å². The molecule has 3 rings (SSSR count). The predicted molar refractivity (Wildman–Crippen MR) is 141 cm³/mol. The third-order valence-electron chi connectivity index (χ3n) is 6.57. The normalized spacial score (nSPS) is 18.3. The minimum absolute atomic E-state index is 0.0488. The van der Waals surface area contributed by atoms with Crippen LogP contribution in [0.5, 0.6) is 0 Å². The molecule has 2 aliphatic rings. The van der Waals surface area contributed by atoms with E-state index in [1.165, 1.54) is 6.42 Å². The zero-order chi connectivity index (χ0) is 25.8. The smallest absolute Gasteiger partial charge is 0.408 e. The van der Waals surface area contributed by atoms with Gasteiger partial charge < -0.3 is 20.3 Å². The van der Waals surface area contributed by atoms with E-state index in [0.29, 0.717) is 0 Å². The Morgan fingerprint density at radius 2 is 1.74 bits per heavy atom. The maximum absolute atomic E-state index is 13.9. The van der Waals surface area contributed by atoms with Crippen molar-refractivity contribution >= 4 is 30.5 Å². The summed E-state index contributed by atoms with van der Waals surface area (Å²) < 4.78 is 5.37. The maximum Gasteiger partial charge on any atom is 0.408 e. The summed E-state index contributed by atoms with van der Waals surface area (Å²) in [6, 6.07) is 4.42. The largest absolute Gasteiger partial charge is 0.444 e. The Morgan fingerprint density at radius 1 is 1.09 bits per heavy atom. The molecule has 35 heavy (non-hydrogen) atoms. The molecule has 2 saturated carbocycles. The van der Waals surface area contributed by atoms with E-state index in [1.54, 1.807) is 25.7 Å². The molecule has 194 valence electrons. The lowest BCUT2D eigenvalue weighted by Crippen LogP contribution is -2.55. The first-order chi connectivity index (χ1) is 16.5. The van der Waals surface area contributed by atoms with Crippen LogP contribution in [0.25, 0.3) is 0 Å². The van der Waals surface area contributed by atoms with Crippen molar-refractivity contribution in [2.45, 2.75) is 109 Å². The lowest BCUT2D eigenvalue weighted by molar-refractivity contribution is -0.143. The Kier molecular flexibility index (Phi) is 9.13. The van der Waals surface area contributed by atoms with Crippen LogP contribution >= 0.6 is 12.6 Å². The fourth-order valence-electron chi connectivity index (χ4n) is 4.68. The van der Waals surface area contributed by atoms with E-state index in [1.807, 2.05) is 32.0 Å². The highest BCUT2D eigenvalue weighted by Crippen LogP contribution is 2.37. The number of aryl methyl sites for hydroxylation is 2. The number of alkyl carbamates (subject to hydrolysis) is 1. The van der Waals surface area contributed by atoms with Crippen molar-refractivity contribution in [2.24, 2.45) is 0 Å². The summed E-state index contributed by atoms with van der Waals surface area (Å²) >= 11 is 4.36. The second-order valence-corrected chi connectivity index (χ2v) is 11.3. The zero-order valence-electron chi connectivity index (χ0n) is 21.7. The third kappa shape index (κ3) is 7.63. The summed E-state index contributed by atoms with van der Waals surface area (Å²) in [5, 5.41) is 5.93. The van der Waals surface area contributed by atoms with Crippen molar-refractivity contribution in [3.8, 4) is 0 Å². The summed E-state index contributed by atoms with van der Waals surface area (Å²) in [7, 11) is 0. The van der Waals surface area contributed by atoms with Gasteiger partial charge in [-0.3, -0.25) is 9.59 Å². The van der Waals surface area contributed by atoms with Crippen LogP contribution in [0.3, 0.4) is 0 Å². The van der Waals surface area contributed by atoms with E-state index < -0.39 is 23.8 Å². The molecule has 2 aliphatic carbocycles. The van der Waals surface area contributed by atoms with E-state index in [2.05, 4.69) is 23.3 Å². The molecule has 2 atom stereocenters. The molecule has 7 nitrogen and oxygen atoms in total. The number of nitrogens with zero attached hydrogens (tertiary/aromatic N) is 1. The molecule has 2 N–H and O–H groups in total. The van der Waals surface area contributed by atoms with Gasteiger partial charge in [0.1, 0.15) is 17.7 Å². The summed E-state index contributed by atoms with van der Waals surface area (Å²) in [5.41, 5.74) is 2.13. The van der Waals surface area contributed by atoms with E-state index in [-0.39, 0.29) is 29.7 Å². The molecule has 8 heteroatoms. The molecule has 0 aliphatic heterocycles. The van der Waals surface area contributed by atoms with Gasteiger partial charge in [-0.25, -0.2) is 4.79 Å². The first kappa shape index (κ1) is 27.4. The standard InChI is InChI=1S/C27H41N3O4S/c1-17-11-12-18(2)21(15-17)23(24(31)28-19-9-7-6-8-10-19)30(20-13-14-20)25(32)22(16-35)29-26(33)34-27(3,4)5/h11-12,15,19-20,22-23,35H,6-10,13-14,16H2,1-5H3,(H,28,31)(H,29,33). The predicted octanol–water partition coefficient (Wildman–Crippen LogP) is 4.61. The maximum atomic E-state index is 13.9. The number of carbonyl (C=O) groups excluding carboxylic acids is 3. The number of rotatable bonds is 8. The number of nitrogens with one attached hydrogen (secondary N) is 2. The van der Waals surface area contributed by atoms with Crippen molar-refractivity contribution < 1.29 is 19.1 Å². The lowest BCUT2D eigenvalue weighted by Gasteiger charge is -2.36. The SMILES string of the molecule is Cc1ccc(C)c(C(C(=O)NC2CCCCC2)N(C(=O)C(CS)NC(=O)OC(C)(C)C)C2CC2)c1. The fraction of sp³-hybridized carbons (Fsp3) is 0.667. The average Bonchev–Trinajstić information content (AvgIpc) is 3.61. The van der Waals surface area contributed by atoms with E-state index >= 15 is 0 Å². The van der Waals surface area contributed by atoms with Gasteiger partial charge in [0.15, 0.2) is 0 Å². The summed E-state index contributed by atoms with van der Waals surface area (Å²) in [6.45, 7) is 9.27. The third-order valence-corrected chi connectivity index (χ3v) is 6.94. The Balaban J connectivity index is 1.93. The molecule has 0 spiro atoms. The Labute approximate surface area is 215 Å². The molecular weight excluding hydrogens is 462 g/mol. The molecule has 1 aromatic rings. The number of carbonyl (C=O) groups is 3. The van der Waals surface area contributed by atoms with Crippen LogP contribution in [-0.2, 0) is 14.3 Å². The van der Waals surface area contributed by atoms with E-state index in [0.717, 1.165) is 55.2 Å².